The SMILES string of the molecule is O=c1c2ccc(Cl)cc2nc2n1OCC2. The largest absolute Gasteiger partial charge is 0.409 e. The summed E-state index contributed by atoms with van der Waals surface area (Å²) in [6, 6.07) is 5.04. The van der Waals surface area contributed by atoms with Crippen molar-refractivity contribution >= 4 is 22.5 Å². The van der Waals surface area contributed by atoms with Crippen LogP contribution in [0.3, 0.4) is 0 Å². The van der Waals surface area contributed by atoms with Crippen molar-refractivity contribution in [3.8, 4) is 0 Å². The van der Waals surface area contributed by atoms with Gasteiger partial charge in [0.1, 0.15) is 6.61 Å². The van der Waals surface area contributed by atoms with E-state index in [1.165, 1.54) is 4.73 Å². The van der Waals surface area contributed by atoms with Crippen LogP contribution in [0.1, 0.15) is 5.82 Å². The lowest BCUT2D eigenvalue weighted by Gasteiger charge is -2.03. The molecule has 15 heavy (non-hydrogen) atoms. The average Bonchev–Trinajstić information content (AvgIpc) is 2.65. The van der Waals surface area contributed by atoms with Gasteiger partial charge < -0.3 is 4.84 Å². The van der Waals surface area contributed by atoms with Crippen molar-refractivity contribution in [2.75, 3.05) is 6.61 Å². The Kier molecular flexibility index (Phi) is 1.73. The van der Waals surface area contributed by atoms with Crippen LogP contribution < -0.4 is 10.4 Å². The van der Waals surface area contributed by atoms with E-state index < -0.39 is 0 Å². The van der Waals surface area contributed by atoms with Crippen molar-refractivity contribution < 1.29 is 4.84 Å². The highest BCUT2D eigenvalue weighted by Gasteiger charge is 2.17. The predicted octanol–water partition coefficient (Wildman–Crippen LogP) is 1.03. The summed E-state index contributed by atoms with van der Waals surface area (Å²) in [5, 5.41) is 1.11. The lowest BCUT2D eigenvalue weighted by molar-refractivity contribution is 0.141. The van der Waals surface area contributed by atoms with E-state index in [1.54, 1.807) is 18.2 Å². The van der Waals surface area contributed by atoms with Crippen LogP contribution >= 0.6 is 11.6 Å². The van der Waals surface area contributed by atoms with Gasteiger partial charge in [0, 0.05) is 11.4 Å². The smallest absolute Gasteiger partial charge is 0.294 e. The highest BCUT2D eigenvalue weighted by molar-refractivity contribution is 6.31. The fourth-order valence-electron chi connectivity index (χ4n) is 1.71. The molecular formula is C10H7ClN2O2. The van der Waals surface area contributed by atoms with Gasteiger partial charge in [-0.05, 0) is 18.2 Å². The Labute approximate surface area is 90.0 Å². The molecule has 5 heteroatoms. The molecule has 0 unspecified atom stereocenters. The quantitative estimate of drug-likeness (QED) is 0.669. The maximum atomic E-state index is 11.9. The number of rotatable bonds is 0. The molecule has 2 heterocycles. The minimum atomic E-state index is -0.163. The van der Waals surface area contributed by atoms with E-state index in [0.29, 0.717) is 34.8 Å². The van der Waals surface area contributed by atoms with E-state index in [9.17, 15) is 4.79 Å². The molecule has 0 N–H and O–H groups in total. The minimum Gasteiger partial charge on any atom is -0.409 e. The summed E-state index contributed by atoms with van der Waals surface area (Å²) in [5.41, 5.74) is 0.466. The molecule has 0 spiro atoms. The van der Waals surface area contributed by atoms with Gasteiger partial charge in [-0.25, -0.2) is 4.98 Å². The number of aromatic nitrogens is 2. The summed E-state index contributed by atoms with van der Waals surface area (Å²) in [7, 11) is 0. The van der Waals surface area contributed by atoms with E-state index in [-0.39, 0.29) is 5.56 Å². The van der Waals surface area contributed by atoms with Crippen molar-refractivity contribution in [1.29, 1.82) is 0 Å². The van der Waals surface area contributed by atoms with Crippen molar-refractivity contribution in [3.63, 3.8) is 0 Å². The molecule has 0 saturated heterocycles. The minimum absolute atomic E-state index is 0.163. The van der Waals surface area contributed by atoms with Gasteiger partial charge in [-0.2, -0.15) is 0 Å². The van der Waals surface area contributed by atoms with Gasteiger partial charge >= 0.3 is 0 Å². The van der Waals surface area contributed by atoms with Gasteiger partial charge in [-0.15, -0.1) is 4.73 Å². The number of hydrogen-bond acceptors (Lipinski definition) is 3. The molecule has 2 aromatic rings. The first-order valence-corrected chi connectivity index (χ1v) is 4.98. The molecule has 1 aromatic carbocycles. The zero-order valence-corrected chi connectivity index (χ0v) is 8.49. The molecule has 1 aliphatic rings. The monoisotopic (exact) mass is 222 g/mol. The number of benzene rings is 1. The van der Waals surface area contributed by atoms with Crippen LogP contribution in [0, 0.1) is 0 Å². The molecule has 1 aliphatic heterocycles. The van der Waals surface area contributed by atoms with Crippen molar-refractivity contribution in [2.24, 2.45) is 0 Å². The third-order valence-electron chi connectivity index (χ3n) is 2.40. The summed E-state index contributed by atoms with van der Waals surface area (Å²) in [4.78, 5) is 21.4. The number of hydrogen-bond donors (Lipinski definition) is 0. The highest BCUT2D eigenvalue weighted by atomic mass is 35.5. The van der Waals surface area contributed by atoms with Gasteiger partial charge in [0.2, 0.25) is 0 Å². The van der Waals surface area contributed by atoms with Gasteiger partial charge in [0.05, 0.1) is 10.9 Å². The maximum Gasteiger partial charge on any atom is 0.294 e. The predicted molar refractivity (Wildman–Crippen MR) is 56.2 cm³/mol. The summed E-state index contributed by atoms with van der Waals surface area (Å²) >= 11 is 5.84. The summed E-state index contributed by atoms with van der Waals surface area (Å²) in [6.45, 7) is 0.506. The first-order chi connectivity index (χ1) is 7.25. The Bertz CT molecular complexity index is 606. The van der Waals surface area contributed by atoms with E-state index in [1.807, 2.05) is 0 Å². The van der Waals surface area contributed by atoms with Gasteiger partial charge in [-0.3, -0.25) is 4.79 Å². The number of halogens is 1. The second-order valence-corrected chi connectivity index (χ2v) is 3.81. The molecule has 1 aromatic heterocycles. The van der Waals surface area contributed by atoms with E-state index in [0.717, 1.165) is 0 Å². The molecule has 3 rings (SSSR count). The zero-order chi connectivity index (χ0) is 10.4. The van der Waals surface area contributed by atoms with Crippen molar-refractivity contribution in [1.82, 2.24) is 9.71 Å². The normalized spacial score (nSPS) is 13.9. The Morgan fingerprint density at radius 2 is 2.33 bits per heavy atom. The molecule has 0 radical (unpaired) electrons. The molecule has 0 fully saturated rings. The fourth-order valence-corrected chi connectivity index (χ4v) is 1.87. The highest BCUT2D eigenvalue weighted by Crippen LogP contribution is 2.16. The number of fused-ring (bicyclic) bond motifs is 2. The maximum absolute atomic E-state index is 11.9. The second kappa shape index (κ2) is 2.97. The summed E-state index contributed by atoms with van der Waals surface area (Å²) < 4.78 is 1.26. The summed E-state index contributed by atoms with van der Waals surface area (Å²) in [5.74, 6) is 0.662. The van der Waals surface area contributed by atoms with E-state index in [4.69, 9.17) is 16.4 Å². The Hall–Kier alpha value is -1.55. The fraction of sp³-hybridized carbons (Fsp3) is 0.200. The summed E-state index contributed by atoms with van der Waals surface area (Å²) in [6.07, 6.45) is 0.664. The van der Waals surface area contributed by atoms with Gasteiger partial charge in [0.15, 0.2) is 5.82 Å². The second-order valence-electron chi connectivity index (χ2n) is 3.37. The first-order valence-electron chi connectivity index (χ1n) is 4.60. The molecule has 4 nitrogen and oxygen atoms in total. The van der Waals surface area contributed by atoms with Crippen LogP contribution in [-0.4, -0.2) is 16.3 Å². The van der Waals surface area contributed by atoms with Crippen LogP contribution in [0.15, 0.2) is 23.0 Å². The van der Waals surface area contributed by atoms with E-state index in [2.05, 4.69) is 4.98 Å². The lowest BCUT2D eigenvalue weighted by Crippen LogP contribution is -2.25. The van der Waals surface area contributed by atoms with Gasteiger partial charge in [-0.1, -0.05) is 11.6 Å². The average molecular weight is 223 g/mol. The van der Waals surface area contributed by atoms with Gasteiger partial charge in [0.25, 0.3) is 5.56 Å². The lowest BCUT2D eigenvalue weighted by atomic mass is 10.2. The Morgan fingerprint density at radius 1 is 1.47 bits per heavy atom. The van der Waals surface area contributed by atoms with E-state index >= 15 is 0 Å². The molecule has 0 atom stereocenters. The molecule has 0 saturated carbocycles. The molecule has 76 valence electrons. The van der Waals surface area contributed by atoms with Crippen LogP contribution in [0.5, 0.6) is 0 Å². The van der Waals surface area contributed by atoms with Crippen molar-refractivity contribution in [2.45, 2.75) is 6.42 Å². The van der Waals surface area contributed by atoms with Crippen LogP contribution in [0.4, 0.5) is 0 Å². The number of nitrogens with zero attached hydrogens (tertiary/aromatic N) is 2. The molecule has 0 aliphatic carbocycles. The molecule has 0 bridgehead atoms. The third kappa shape index (κ3) is 1.22. The Morgan fingerprint density at radius 3 is 3.20 bits per heavy atom. The molecular weight excluding hydrogens is 216 g/mol. The zero-order valence-electron chi connectivity index (χ0n) is 7.74. The van der Waals surface area contributed by atoms with Crippen LogP contribution in [-0.2, 0) is 6.42 Å². The standard InChI is InChI=1S/C10H7ClN2O2/c11-6-1-2-7-8(5-6)12-9-3-4-15-13(9)10(7)14/h1-2,5H,3-4H2. The van der Waals surface area contributed by atoms with Crippen LogP contribution in [0.2, 0.25) is 5.02 Å². The Balaban J connectivity index is 2.46. The molecule has 0 amide bonds. The topological polar surface area (TPSA) is 44.1 Å². The first kappa shape index (κ1) is 8.73. The van der Waals surface area contributed by atoms with Crippen LogP contribution in [0.25, 0.3) is 10.9 Å². The third-order valence-corrected chi connectivity index (χ3v) is 2.64. The van der Waals surface area contributed by atoms with Crippen molar-refractivity contribution in [3.05, 3.63) is 39.4 Å².